The number of thiophene rings is 1. The SMILES string of the molecule is O=c1c2c3c(sc2ncn1Cc1coc(-c2ccccc2)n1)CCCCC3. The normalized spacial score (nSPS) is 14.2. The molecule has 1 aliphatic rings. The molecule has 1 aliphatic carbocycles. The lowest BCUT2D eigenvalue weighted by molar-refractivity contribution is 0.571. The Morgan fingerprint density at radius 2 is 1.96 bits per heavy atom. The molecule has 0 fully saturated rings. The molecule has 0 bridgehead atoms. The molecule has 0 radical (unpaired) electrons. The molecule has 5 rings (SSSR count). The van der Waals surface area contributed by atoms with Crippen LogP contribution in [0.2, 0.25) is 0 Å². The molecule has 0 unspecified atom stereocenters. The van der Waals surface area contributed by atoms with Gasteiger partial charge >= 0.3 is 0 Å². The average Bonchev–Trinajstić information content (AvgIpc) is 3.23. The molecule has 0 amide bonds. The van der Waals surface area contributed by atoms with Gasteiger partial charge in [-0.05, 0) is 43.4 Å². The summed E-state index contributed by atoms with van der Waals surface area (Å²) in [6.45, 7) is 0.364. The Morgan fingerprint density at radius 3 is 2.85 bits per heavy atom. The Morgan fingerprint density at radius 1 is 1.11 bits per heavy atom. The van der Waals surface area contributed by atoms with Gasteiger partial charge in [0.15, 0.2) is 0 Å². The first kappa shape index (κ1) is 16.4. The van der Waals surface area contributed by atoms with Gasteiger partial charge in [-0.15, -0.1) is 11.3 Å². The number of aryl methyl sites for hydroxylation is 2. The van der Waals surface area contributed by atoms with Crippen LogP contribution in [0.4, 0.5) is 0 Å². The van der Waals surface area contributed by atoms with Gasteiger partial charge in [-0.1, -0.05) is 24.6 Å². The van der Waals surface area contributed by atoms with E-state index in [1.165, 1.54) is 23.3 Å². The van der Waals surface area contributed by atoms with Crippen molar-refractivity contribution in [1.82, 2.24) is 14.5 Å². The molecule has 3 heterocycles. The third kappa shape index (κ3) is 3.00. The topological polar surface area (TPSA) is 60.9 Å². The smallest absolute Gasteiger partial charge is 0.262 e. The second kappa shape index (κ2) is 6.78. The van der Waals surface area contributed by atoms with Crippen molar-refractivity contribution in [2.75, 3.05) is 0 Å². The van der Waals surface area contributed by atoms with Gasteiger partial charge in [-0.2, -0.15) is 0 Å². The Hall–Kier alpha value is -2.73. The van der Waals surface area contributed by atoms with E-state index in [0.29, 0.717) is 12.4 Å². The third-order valence-electron chi connectivity index (χ3n) is 5.10. The lowest BCUT2D eigenvalue weighted by Gasteiger charge is -2.04. The van der Waals surface area contributed by atoms with E-state index in [9.17, 15) is 4.79 Å². The fourth-order valence-corrected chi connectivity index (χ4v) is 4.96. The highest BCUT2D eigenvalue weighted by Gasteiger charge is 2.19. The Balaban J connectivity index is 1.51. The zero-order valence-corrected chi connectivity index (χ0v) is 15.7. The van der Waals surface area contributed by atoms with E-state index in [1.807, 2.05) is 30.3 Å². The van der Waals surface area contributed by atoms with Gasteiger partial charge in [-0.3, -0.25) is 9.36 Å². The van der Waals surface area contributed by atoms with Crippen LogP contribution in [0.15, 0.2) is 52.1 Å². The molecule has 0 saturated carbocycles. The van der Waals surface area contributed by atoms with Gasteiger partial charge in [0.05, 0.1) is 24.0 Å². The molecule has 27 heavy (non-hydrogen) atoms. The van der Waals surface area contributed by atoms with Crippen molar-refractivity contribution in [3.05, 3.63) is 69.4 Å². The first-order valence-corrected chi connectivity index (χ1v) is 10.1. The number of fused-ring (bicyclic) bond motifs is 3. The second-order valence-electron chi connectivity index (χ2n) is 6.93. The minimum Gasteiger partial charge on any atom is -0.444 e. The summed E-state index contributed by atoms with van der Waals surface area (Å²) in [6.07, 6.45) is 8.90. The highest BCUT2D eigenvalue weighted by molar-refractivity contribution is 7.18. The van der Waals surface area contributed by atoms with Gasteiger partial charge in [-0.25, -0.2) is 9.97 Å². The zero-order chi connectivity index (χ0) is 18.2. The van der Waals surface area contributed by atoms with Gasteiger partial charge in [0.2, 0.25) is 5.89 Å². The zero-order valence-electron chi connectivity index (χ0n) is 14.9. The molecule has 0 aliphatic heterocycles. The maximum Gasteiger partial charge on any atom is 0.262 e. The summed E-state index contributed by atoms with van der Waals surface area (Å²) in [5, 5.41) is 0.811. The van der Waals surface area contributed by atoms with E-state index in [-0.39, 0.29) is 5.56 Å². The summed E-state index contributed by atoms with van der Waals surface area (Å²) < 4.78 is 7.24. The lowest BCUT2D eigenvalue weighted by Crippen LogP contribution is -2.21. The predicted octanol–water partition coefficient (Wildman–Crippen LogP) is 4.43. The number of benzene rings is 1. The van der Waals surface area contributed by atoms with Crippen LogP contribution in [0.5, 0.6) is 0 Å². The number of hydrogen-bond donors (Lipinski definition) is 0. The van der Waals surface area contributed by atoms with E-state index < -0.39 is 0 Å². The maximum absolute atomic E-state index is 13.1. The largest absolute Gasteiger partial charge is 0.444 e. The summed E-state index contributed by atoms with van der Waals surface area (Å²) in [5.41, 5.74) is 2.90. The molecule has 6 heteroatoms. The highest BCUT2D eigenvalue weighted by Crippen LogP contribution is 2.32. The monoisotopic (exact) mass is 377 g/mol. The lowest BCUT2D eigenvalue weighted by atomic mass is 10.1. The van der Waals surface area contributed by atoms with Crippen LogP contribution in [0.25, 0.3) is 21.7 Å². The van der Waals surface area contributed by atoms with Crippen LogP contribution in [-0.2, 0) is 19.4 Å². The first-order valence-electron chi connectivity index (χ1n) is 9.29. The van der Waals surface area contributed by atoms with Crippen molar-refractivity contribution in [3.8, 4) is 11.5 Å². The van der Waals surface area contributed by atoms with Crippen molar-refractivity contribution in [3.63, 3.8) is 0 Å². The summed E-state index contributed by atoms with van der Waals surface area (Å²) in [5.74, 6) is 0.567. The average molecular weight is 377 g/mol. The van der Waals surface area contributed by atoms with Gasteiger partial charge in [0, 0.05) is 10.4 Å². The van der Waals surface area contributed by atoms with Crippen LogP contribution in [-0.4, -0.2) is 14.5 Å². The minimum atomic E-state index is 0.0312. The Labute approximate surface area is 160 Å². The molecule has 1 aromatic carbocycles. The third-order valence-corrected chi connectivity index (χ3v) is 6.30. The van der Waals surface area contributed by atoms with Crippen LogP contribution in [0, 0.1) is 0 Å². The van der Waals surface area contributed by atoms with Crippen molar-refractivity contribution >= 4 is 21.6 Å². The number of oxazole rings is 1. The standard InChI is InChI=1S/C21H19N3O2S/c25-21-18-16-9-5-2-6-10-17(16)27-20(18)22-13-24(21)11-15-12-26-19(23-15)14-7-3-1-4-8-14/h1,3-4,7-8,12-13H,2,5-6,9-11H2. The Bertz CT molecular complexity index is 1160. The second-order valence-corrected chi connectivity index (χ2v) is 8.02. The summed E-state index contributed by atoms with van der Waals surface area (Å²) in [7, 11) is 0. The molecular formula is C21H19N3O2S. The van der Waals surface area contributed by atoms with Gasteiger partial charge < -0.3 is 4.42 Å². The van der Waals surface area contributed by atoms with E-state index >= 15 is 0 Å². The van der Waals surface area contributed by atoms with Crippen molar-refractivity contribution in [1.29, 1.82) is 0 Å². The summed E-state index contributed by atoms with van der Waals surface area (Å²) in [6, 6.07) is 9.76. The van der Waals surface area contributed by atoms with E-state index in [1.54, 1.807) is 28.5 Å². The van der Waals surface area contributed by atoms with Crippen LogP contribution >= 0.6 is 11.3 Å². The van der Waals surface area contributed by atoms with Crippen molar-refractivity contribution < 1.29 is 4.42 Å². The number of rotatable bonds is 3. The number of hydrogen-bond acceptors (Lipinski definition) is 5. The minimum absolute atomic E-state index is 0.0312. The Kier molecular flexibility index (Phi) is 4.13. The van der Waals surface area contributed by atoms with Gasteiger partial charge in [0.1, 0.15) is 11.1 Å². The quantitative estimate of drug-likeness (QED) is 0.496. The fourth-order valence-electron chi connectivity index (χ4n) is 3.74. The number of nitrogens with zero attached hydrogens (tertiary/aromatic N) is 3. The molecular weight excluding hydrogens is 358 g/mol. The molecule has 136 valence electrons. The van der Waals surface area contributed by atoms with Crippen LogP contribution in [0.1, 0.15) is 35.4 Å². The van der Waals surface area contributed by atoms with Crippen molar-refractivity contribution in [2.24, 2.45) is 0 Å². The van der Waals surface area contributed by atoms with Gasteiger partial charge in [0.25, 0.3) is 5.56 Å². The van der Waals surface area contributed by atoms with Crippen LogP contribution in [0.3, 0.4) is 0 Å². The summed E-state index contributed by atoms with van der Waals surface area (Å²) >= 11 is 1.69. The van der Waals surface area contributed by atoms with Crippen molar-refractivity contribution in [2.45, 2.75) is 38.6 Å². The van der Waals surface area contributed by atoms with Crippen LogP contribution < -0.4 is 5.56 Å². The van der Waals surface area contributed by atoms with E-state index in [0.717, 1.165) is 40.7 Å². The predicted molar refractivity (Wildman–Crippen MR) is 106 cm³/mol. The highest BCUT2D eigenvalue weighted by atomic mass is 32.1. The number of aromatic nitrogens is 3. The molecule has 0 spiro atoms. The maximum atomic E-state index is 13.1. The molecule has 4 aromatic rings. The van der Waals surface area contributed by atoms with E-state index in [4.69, 9.17) is 4.42 Å². The first-order chi connectivity index (χ1) is 13.3. The molecule has 0 atom stereocenters. The molecule has 0 N–H and O–H groups in total. The fraction of sp³-hybridized carbons (Fsp3) is 0.286. The molecule has 0 saturated heterocycles. The summed E-state index contributed by atoms with van der Waals surface area (Å²) in [4.78, 5) is 24.4. The van der Waals surface area contributed by atoms with E-state index in [2.05, 4.69) is 9.97 Å². The molecule has 5 nitrogen and oxygen atoms in total. The molecule has 3 aromatic heterocycles.